The topological polar surface area (TPSA) is 80.4 Å². The first-order valence-corrected chi connectivity index (χ1v) is 9.22. The Morgan fingerprint density at radius 3 is 2.79 bits per heavy atom. The van der Waals surface area contributed by atoms with Gasteiger partial charge in [0.1, 0.15) is 6.54 Å². The van der Waals surface area contributed by atoms with Crippen LogP contribution < -0.4 is 11.1 Å². The molecule has 2 fully saturated rings. The monoisotopic (exact) mass is 348 g/mol. The van der Waals surface area contributed by atoms with Crippen LogP contribution in [0.4, 0.5) is 0 Å². The smallest absolute Gasteiger partial charge is 0.387 e. The number of likely N-dealkylation sites (tertiary alicyclic amines) is 1. The van der Waals surface area contributed by atoms with Gasteiger partial charge in [-0.15, -0.1) is 16.4 Å². The van der Waals surface area contributed by atoms with Gasteiger partial charge in [0, 0.05) is 25.2 Å². The second-order valence-electron chi connectivity index (χ2n) is 6.42. The largest absolute Gasteiger partial charge is 0.437 e. The Bertz CT molecular complexity index is 755. The van der Waals surface area contributed by atoms with Crippen LogP contribution in [0.1, 0.15) is 25.7 Å². The molecule has 3 heterocycles. The molecule has 128 valence electrons. The van der Waals surface area contributed by atoms with E-state index < -0.39 is 5.76 Å². The SMILES string of the molecule is O=C(Cn1nc(-c2cccs2)oc1=O)NC1CCN(C2CC2)CC1. The lowest BCUT2D eigenvalue weighted by Gasteiger charge is -2.32. The Kier molecular flexibility index (Phi) is 4.24. The molecule has 2 aromatic rings. The van der Waals surface area contributed by atoms with E-state index in [1.165, 1.54) is 24.2 Å². The van der Waals surface area contributed by atoms with Crippen molar-refractivity contribution in [3.8, 4) is 10.8 Å². The fourth-order valence-electron chi connectivity index (χ4n) is 3.16. The number of carbonyl (C=O) groups excluding carboxylic acids is 1. The highest BCUT2D eigenvalue weighted by atomic mass is 32.1. The van der Waals surface area contributed by atoms with Gasteiger partial charge in [-0.2, -0.15) is 4.68 Å². The maximum Gasteiger partial charge on any atom is 0.437 e. The lowest BCUT2D eigenvalue weighted by Crippen LogP contribution is -2.46. The predicted molar refractivity (Wildman–Crippen MR) is 89.8 cm³/mol. The van der Waals surface area contributed by atoms with Crippen molar-refractivity contribution in [2.45, 2.75) is 44.3 Å². The van der Waals surface area contributed by atoms with Crippen molar-refractivity contribution in [2.75, 3.05) is 13.1 Å². The van der Waals surface area contributed by atoms with Crippen molar-refractivity contribution >= 4 is 17.2 Å². The molecule has 1 saturated heterocycles. The normalized spacial score (nSPS) is 19.5. The Morgan fingerprint density at radius 1 is 1.33 bits per heavy atom. The molecule has 2 aliphatic rings. The fraction of sp³-hybridized carbons (Fsp3) is 0.562. The quantitative estimate of drug-likeness (QED) is 0.881. The summed E-state index contributed by atoms with van der Waals surface area (Å²) < 4.78 is 6.20. The molecule has 24 heavy (non-hydrogen) atoms. The zero-order chi connectivity index (χ0) is 16.5. The van der Waals surface area contributed by atoms with Gasteiger partial charge in [-0.25, -0.2) is 4.79 Å². The molecule has 1 aliphatic heterocycles. The summed E-state index contributed by atoms with van der Waals surface area (Å²) in [6.07, 6.45) is 4.57. The molecule has 0 radical (unpaired) electrons. The van der Waals surface area contributed by atoms with Crippen LogP contribution in [0, 0.1) is 0 Å². The van der Waals surface area contributed by atoms with Gasteiger partial charge < -0.3 is 14.6 Å². The number of nitrogens with zero attached hydrogens (tertiary/aromatic N) is 3. The Balaban J connectivity index is 1.32. The molecular weight excluding hydrogens is 328 g/mol. The lowest BCUT2D eigenvalue weighted by molar-refractivity contribution is -0.123. The van der Waals surface area contributed by atoms with Crippen molar-refractivity contribution in [1.29, 1.82) is 0 Å². The molecule has 2 aromatic heterocycles. The van der Waals surface area contributed by atoms with Crippen molar-refractivity contribution in [3.05, 3.63) is 28.1 Å². The van der Waals surface area contributed by atoms with Gasteiger partial charge >= 0.3 is 5.76 Å². The molecule has 1 N–H and O–H groups in total. The van der Waals surface area contributed by atoms with Crippen LogP contribution in [0.5, 0.6) is 0 Å². The van der Waals surface area contributed by atoms with Gasteiger partial charge in [0.25, 0.3) is 5.89 Å². The zero-order valence-electron chi connectivity index (χ0n) is 13.3. The number of hydrogen-bond donors (Lipinski definition) is 1. The first-order chi connectivity index (χ1) is 11.7. The minimum absolute atomic E-state index is 0.101. The maximum absolute atomic E-state index is 12.2. The molecule has 0 unspecified atom stereocenters. The average molecular weight is 348 g/mol. The van der Waals surface area contributed by atoms with E-state index in [0.29, 0.717) is 0 Å². The minimum atomic E-state index is -0.600. The summed E-state index contributed by atoms with van der Waals surface area (Å²) in [6, 6.07) is 4.66. The zero-order valence-corrected chi connectivity index (χ0v) is 14.1. The first kappa shape index (κ1) is 15.6. The van der Waals surface area contributed by atoms with Gasteiger partial charge in [-0.05, 0) is 37.1 Å². The summed E-state index contributed by atoms with van der Waals surface area (Å²) in [7, 11) is 0. The van der Waals surface area contributed by atoms with Crippen molar-refractivity contribution in [2.24, 2.45) is 0 Å². The molecule has 1 aliphatic carbocycles. The van der Waals surface area contributed by atoms with Crippen LogP contribution in [-0.2, 0) is 11.3 Å². The average Bonchev–Trinajstić information content (AvgIpc) is 3.15. The van der Waals surface area contributed by atoms with Crippen LogP contribution in [0.3, 0.4) is 0 Å². The number of aromatic nitrogens is 2. The second kappa shape index (κ2) is 6.52. The van der Waals surface area contributed by atoms with E-state index in [2.05, 4.69) is 15.3 Å². The molecule has 0 spiro atoms. The van der Waals surface area contributed by atoms with Crippen LogP contribution in [0.25, 0.3) is 10.8 Å². The van der Waals surface area contributed by atoms with E-state index in [9.17, 15) is 9.59 Å². The van der Waals surface area contributed by atoms with E-state index in [0.717, 1.165) is 41.5 Å². The molecule has 0 aromatic carbocycles. The van der Waals surface area contributed by atoms with E-state index in [-0.39, 0.29) is 24.4 Å². The number of piperidine rings is 1. The fourth-order valence-corrected chi connectivity index (χ4v) is 3.81. The summed E-state index contributed by atoms with van der Waals surface area (Å²) in [4.78, 5) is 27.3. The Labute approximate surface area is 143 Å². The molecule has 4 rings (SSSR count). The maximum atomic E-state index is 12.2. The van der Waals surface area contributed by atoms with Crippen LogP contribution in [-0.4, -0.2) is 45.8 Å². The third kappa shape index (κ3) is 3.44. The number of hydrogen-bond acceptors (Lipinski definition) is 6. The van der Waals surface area contributed by atoms with E-state index in [1.54, 1.807) is 0 Å². The lowest BCUT2D eigenvalue weighted by atomic mass is 10.0. The molecule has 7 nitrogen and oxygen atoms in total. The van der Waals surface area contributed by atoms with Gasteiger partial charge in [0.2, 0.25) is 5.91 Å². The Morgan fingerprint density at radius 2 is 2.12 bits per heavy atom. The number of amides is 1. The van der Waals surface area contributed by atoms with Crippen molar-refractivity contribution in [3.63, 3.8) is 0 Å². The summed E-state index contributed by atoms with van der Waals surface area (Å²) in [5.74, 6) is -0.523. The highest BCUT2D eigenvalue weighted by molar-refractivity contribution is 7.13. The van der Waals surface area contributed by atoms with Crippen molar-refractivity contribution in [1.82, 2.24) is 20.0 Å². The molecule has 1 amide bonds. The van der Waals surface area contributed by atoms with Gasteiger partial charge in [-0.1, -0.05) is 6.07 Å². The number of thiophene rings is 1. The van der Waals surface area contributed by atoms with Crippen molar-refractivity contribution < 1.29 is 9.21 Å². The molecule has 8 heteroatoms. The molecule has 1 saturated carbocycles. The third-order valence-corrected chi connectivity index (χ3v) is 5.45. The number of carbonyl (C=O) groups is 1. The summed E-state index contributed by atoms with van der Waals surface area (Å²) in [5.41, 5.74) is 0. The Hall–Kier alpha value is -1.93. The van der Waals surface area contributed by atoms with E-state index in [1.807, 2.05) is 17.5 Å². The van der Waals surface area contributed by atoms with Gasteiger partial charge in [0.15, 0.2) is 0 Å². The highest BCUT2D eigenvalue weighted by Gasteiger charge is 2.32. The summed E-state index contributed by atoms with van der Waals surface area (Å²) in [5, 5.41) is 9.01. The molecule has 0 atom stereocenters. The van der Waals surface area contributed by atoms with Crippen LogP contribution >= 0.6 is 11.3 Å². The van der Waals surface area contributed by atoms with Crippen LogP contribution in [0.2, 0.25) is 0 Å². The van der Waals surface area contributed by atoms with E-state index >= 15 is 0 Å². The predicted octanol–water partition coefficient (Wildman–Crippen LogP) is 1.31. The molecular formula is C16H20N4O3S. The standard InChI is InChI=1S/C16H20N4O3S/c21-14(17-11-5-7-19(8-6-11)12-3-4-12)10-20-16(22)23-15(18-20)13-2-1-9-24-13/h1-2,9,11-12H,3-8,10H2,(H,17,21). The first-order valence-electron chi connectivity index (χ1n) is 8.34. The highest BCUT2D eigenvalue weighted by Crippen LogP contribution is 2.29. The third-order valence-electron chi connectivity index (χ3n) is 4.59. The van der Waals surface area contributed by atoms with Gasteiger partial charge in [-0.3, -0.25) is 4.79 Å². The number of nitrogens with one attached hydrogen (secondary N) is 1. The van der Waals surface area contributed by atoms with Gasteiger partial charge in [0.05, 0.1) is 4.88 Å². The second-order valence-corrected chi connectivity index (χ2v) is 7.36. The van der Waals surface area contributed by atoms with E-state index in [4.69, 9.17) is 4.42 Å². The molecule has 0 bridgehead atoms. The van der Waals surface area contributed by atoms with Crippen LogP contribution in [0.15, 0.2) is 26.7 Å². The summed E-state index contributed by atoms with van der Waals surface area (Å²) >= 11 is 1.44. The summed E-state index contributed by atoms with van der Waals surface area (Å²) in [6.45, 7) is 1.99. The minimum Gasteiger partial charge on any atom is -0.387 e. The number of rotatable bonds is 5.